The smallest absolute Gasteiger partial charge is 0.312 e. The second-order valence-electron chi connectivity index (χ2n) is 6.54. The first-order valence-electron chi connectivity index (χ1n) is 9.04. The second-order valence-corrected chi connectivity index (χ2v) is 6.95. The van der Waals surface area contributed by atoms with Crippen LogP contribution in [0.4, 0.5) is 4.79 Å². The lowest BCUT2D eigenvalue weighted by atomic mass is 9.97. The number of benzene rings is 2. The van der Waals surface area contributed by atoms with Gasteiger partial charge in [0, 0.05) is 5.02 Å². The number of hydrogen-bond donors (Lipinski definition) is 3. The summed E-state index contributed by atoms with van der Waals surface area (Å²) in [4.78, 5) is 36.1. The average Bonchev–Trinajstić information content (AvgIpc) is 2.67. The first-order valence-corrected chi connectivity index (χ1v) is 9.41. The van der Waals surface area contributed by atoms with Gasteiger partial charge in [-0.15, -0.1) is 0 Å². The molecule has 154 valence electrons. The molecule has 0 aliphatic heterocycles. The number of primary amides is 1. The topological polar surface area (TPSA) is 111 Å². The Hall–Kier alpha value is -3.06. The number of aryl methyl sites for hydroxylation is 1. The quantitative estimate of drug-likeness (QED) is 0.573. The Balaban J connectivity index is 2.22. The van der Waals surface area contributed by atoms with E-state index in [2.05, 4.69) is 10.6 Å². The summed E-state index contributed by atoms with van der Waals surface area (Å²) >= 11 is 6.24. The summed E-state index contributed by atoms with van der Waals surface area (Å²) in [6.45, 7) is 1.88. The maximum absolute atomic E-state index is 12.8. The molecular weight excluding hydrogens is 394 g/mol. The fourth-order valence-corrected chi connectivity index (χ4v) is 3.34. The number of nitrogens with two attached hydrogens (primary N) is 1. The summed E-state index contributed by atoms with van der Waals surface area (Å²) in [7, 11) is 1.28. The summed E-state index contributed by atoms with van der Waals surface area (Å²) < 4.78 is 4.74. The second kappa shape index (κ2) is 10.5. The van der Waals surface area contributed by atoms with Crippen LogP contribution < -0.4 is 16.4 Å². The van der Waals surface area contributed by atoms with Crippen LogP contribution in [0.5, 0.6) is 0 Å². The fourth-order valence-electron chi connectivity index (χ4n) is 3.07. The van der Waals surface area contributed by atoms with Crippen molar-refractivity contribution < 1.29 is 19.1 Å². The number of esters is 1. The van der Waals surface area contributed by atoms with Gasteiger partial charge in [0.25, 0.3) is 0 Å². The first-order chi connectivity index (χ1) is 13.8. The minimum Gasteiger partial charge on any atom is -0.469 e. The molecule has 0 saturated carbocycles. The molecule has 0 heterocycles. The number of urea groups is 1. The number of methoxy groups -OCH3 is 1. The van der Waals surface area contributed by atoms with Gasteiger partial charge in [-0.05, 0) is 29.7 Å². The van der Waals surface area contributed by atoms with Gasteiger partial charge in [0.2, 0.25) is 5.91 Å². The predicted molar refractivity (Wildman–Crippen MR) is 110 cm³/mol. The molecule has 2 rings (SSSR count). The molecule has 0 saturated heterocycles. The lowest BCUT2D eigenvalue weighted by Gasteiger charge is -2.23. The third-order valence-corrected chi connectivity index (χ3v) is 4.83. The first kappa shape index (κ1) is 22.2. The summed E-state index contributed by atoms with van der Waals surface area (Å²) in [6, 6.07) is 12.3. The lowest BCUT2D eigenvalue weighted by Crippen LogP contribution is -2.38. The molecule has 0 fully saturated rings. The molecule has 8 heteroatoms. The van der Waals surface area contributed by atoms with Crippen LogP contribution in [0.15, 0.2) is 48.5 Å². The number of carbonyl (C=O) groups excluding carboxylic acids is 3. The van der Waals surface area contributed by atoms with Crippen molar-refractivity contribution in [3.8, 4) is 0 Å². The van der Waals surface area contributed by atoms with E-state index in [1.165, 1.54) is 7.11 Å². The van der Waals surface area contributed by atoms with Crippen molar-refractivity contribution in [2.45, 2.75) is 31.8 Å². The maximum Gasteiger partial charge on any atom is 0.312 e. The number of nitrogens with one attached hydrogen (secondary N) is 2. The molecule has 7 nitrogen and oxygen atoms in total. The van der Waals surface area contributed by atoms with E-state index in [-0.39, 0.29) is 18.7 Å². The van der Waals surface area contributed by atoms with Crippen LogP contribution >= 0.6 is 11.6 Å². The van der Waals surface area contributed by atoms with E-state index in [9.17, 15) is 14.4 Å². The summed E-state index contributed by atoms with van der Waals surface area (Å²) in [5, 5.41) is 5.84. The molecular formula is C21H24ClN3O4. The molecule has 0 radical (unpaired) electrons. The minimum atomic E-state index is -0.733. The molecule has 0 unspecified atom stereocenters. The largest absolute Gasteiger partial charge is 0.469 e. The lowest BCUT2D eigenvalue weighted by molar-refractivity contribution is -0.141. The van der Waals surface area contributed by atoms with E-state index in [0.29, 0.717) is 10.6 Å². The fraction of sp³-hybridized carbons (Fsp3) is 0.286. The van der Waals surface area contributed by atoms with Crippen molar-refractivity contribution in [3.05, 3.63) is 70.2 Å². The molecule has 4 N–H and O–H groups in total. The zero-order valence-corrected chi connectivity index (χ0v) is 17.0. The van der Waals surface area contributed by atoms with Gasteiger partial charge in [-0.3, -0.25) is 9.59 Å². The molecule has 2 aromatic rings. The standard InChI is InChI=1S/C21H24ClN3O4/c1-13-7-3-4-8-14(13)17(25-21(23)28)11-19(26)24-18(12-20(27)29-2)15-9-5-6-10-16(15)22/h3-10,17-18H,11-12H2,1-2H3,(H,24,26)(H3,23,25,28)/t17-,18-/m1/s1. The molecule has 0 spiro atoms. The highest BCUT2D eigenvalue weighted by atomic mass is 35.5. The van der Waals surface area contributed by atoms with Crippen LogP contribution in [0.3, 0.4) is 0 Å². The van der Waals surface area contributed by atoms with Crippen molar-refractivity contribution in [2.24, 2.45) is 5.73 Å². The highest BCUT2D eigenvalue weighted by molar-refractivity contribution is 6.31. The van der Waals surface area contributed by atoms with Gasteiger partial charge in [0.05, 0.1) is 32.0 Å². The van der Waals surface area contributed by atoms with Crippen LogP contribution in [0.25, 0.3) is 0 Å². The van der Waals surface area contributed by atoms with Gasteiger partial charge in [0.15, 0.2) is 0 Å². The zero-order chi connectivity index (χ0) is 21.4. The average molecular weight is 418 g/mol. The molecule has 0 bridgehead atoms. The molecule has 0 aromatic heterocycles. The molecule has 2 aromatic carbocycles. The number of amides is 3. The Bertz CT molecular complexity index is 888. The molecule has 3 amide bonds. The van der Waals surface area contributed by atoms with Crippen molar-refractivity contribution >= 4 is 29.5 Å². The van der Waals surface area contributed by atoms with Crippen LogP contribution in [-0.4, -0.2) is 25.0 Å². The molecule has 0 aliphatic carbocycles. The van der Waals surface area contributed by atoms with Crippen LogP contribution in [0.2, 0.25) is 5.02 Å². The predicted octanol–water partition coefficient (Wildman–Crippen LogP) is 3.17. The highest BCUT2D eigenvalue weighted by Gasteiger charge is 2.24. The van der Waals surface area contributed by atoms with Crippen molar-refractivity contribution in [2.75, 3.05) is 7.11 Å². The highest BCUT2D eigenvalue weighted by Crippen LogP contribution is 2.27. The molecule has 0 aliphatic rings. The number of carbonyl (C=O) groups is 3. The Kier molecular flexibility index (Phi) is 8.03. The molecule has 29 heavy (non-hydrogen) atoms. The summed E-state index contributed by atoms with van der Waals surface area (Å²) in [5.74, 6) is -0.859. The van der Waals surface area contributed by atoms with Gasteiger partial charge in [-0.2, -0.15) is 0 Å². The van der Waals surface area contributed by atoms with Crippen molar-refractivity contribution in [1.29, 1.82) is 0 Å². The Labute approximate surface area is 174 Å². The SMILES string of the molecule is COC(=O)C[C@@H](NC(=O)C[C@@H](NC(N)=O)c1ccccc1C)c1ccccc1Cl. The monoisotopic (exact) mass is 417 g/mol. The summed E-state index contributed by atoms with van der Waals surface area (Å²) in [5.41, 5.74) is 7.59. The van der Waals surface area contributed by atoms with Crippen molar-refractivity contribution in [3.63, 3.8) is 0 Å². The van der Waals surface area contributed by atoms with E-state index >= 15 is 0 Å². The van der Waals surface area contributed by atoms with E-state index < -0.39 is 24.1 Å². The van der Waals surface area contributed by atoms with Crippen LogP contribution in [0.1, 0.15) is 41.6 Å². The van der Waals surface area contributed by atoms with E-state index in [1.807, 2.05) is 31.2 Å². The number of halogens is 1. The van der Waals surface area contributed by atoms with Crippen LogP contribution in [0, 0.1) is 6.92 Å². The number of ether oxygens (including phenoxy) is 1. The number of hydrogen-bond acceptors (Lipinski definition) is 4. The molecule has 2 atom stereocenters. The normalized spacial score (nSPS) is 12.5. The Morgan fingerprint density at radius 3 is 2.14 bits per heavy atom. The number of rotatable bonds is 8. The van der Waals surface area contributed by atoms with E-state index in [0.717, 1.165) is 11.1 Å². The van der Waals surface area contributed by atoms with E-state index in [1.54, 1.807) is 24.3 Å². The third kappa shape index (κ3) is 6.50. The van der Waals surface area contributed by atoms with Gasteiger partial charge < -0.3 is 21.1 Å². The van der Waals surface area contributed by atoms with Crippen molar-refractivity contribution in [1.82, 2.24) is 10.6 Å². The van der Waals surface area contributed by atoms with Gasteiger partial charge >= 0.3 is 12.0 Å². The minimum absolute atomic E-state index is 0.0596. The van der Waals surface area contributed by atoms with Gasteiger partial charge in [-0.1, -0.05) is 54.1 Å². The van der Waals surface area contributed by atoms with Crippen LogP contribution in [-0.2, 0) is 14.3 Å². The zero-order valence-electron chi connectivity index (χ0n) is 16.3. The Morgan fingerprint density at radius 2 is 1.55 bits per heavy atom. The van der Waals surface area contributed by atoms with Gasteiger partial charge in [0.1, 0.15) is 0 Å². The summed E-state index contributed by atoms with van der Waals surface area (Å²) in [6.07, 6.45) is -0.139. The van der Waals surface area contributed by atoms with Gasteiger partial charge in [-0.25, -0.2) is 4.79 Å². The third-order valence-electron chi connectivity index (χ3n) is 4.48. The maximum atomic E-state index is 12.8. The van der Waals surface area contributed by atoms with E-state index in [4.69, 9.17) is 22.1 Å². The Morgan fingerprint density at radius 1 is 0.966 bits per heavy atom.